The van der Waals surface area contributed by atoms with E-state index in [0.717, 1.165) is 37.7 Å². The Bertz CT molecular complexity index is 760. The van der Waals surface area contributed by atoms with Gasteiger partial charge in [0.05, 0.1) is 19.7 Å². The fraction of sp³-hybridized carbons (Fsp3) is 0.476. The average Bonchev–Trinajstić information content (AvgIpc) is 3.41. The number of ether oxygens (including phenoxy) is 1. The molecule has 1 aromatic heterocycles. The first kappa shape index (κ1) is 20.6. The summed E-state index contributed by atoms with van der Waals surface area (Å²) in [7, 11) is 1.47. The molecule has 2 heterocycles. The molecule has 0 radical (unpaired) electrons. The van der Waals surface area contributed by atoms with Crippen molar-refractivity contribution in [2.45, 2.75) is 32.4 Å². The van der Waals surface area contributed by atoms with E-state index < -0.39 is 0 Å². The molecule has 0 aliphatic carbocycles. The monoisotopic (exact) mass is 404 g/mol. The number of nitrogens with one attached hydrogen (secondary N) is 2. The van der Waals surface area contributed by atoms with Crippen molar-refractivity contribution in [2.24, 2.45) is 4.99 Å². The van der Waals surface area contributed by atoms with Crippen molar-refractivity contribution < 1.29 is 9.13 Å². The van der Waals surface area contributed by atoms with E-state index in [1.807, 2.05) is 13.0 Å². The number of methoxy groups -OCH3 is 1. The van der Waals surface area contributed by atoms with Gasteiger partial charge in [0.1, 0.15) is 0 Å². The van der Waals surface area contributed by atoms with Crippen LogP contribution in [0, 0.1) is 5.82 Å². The molecule has 0 bridgehead atoms. The topological polar surface area (TPSA) is 48.9 Å². The van der Waals surface area contributed by atoms with Crippen LogP contribution in [0.25, 0.3) is 0 Å². The lowest BCUT2D eigenvalue weighted by Crippen LogP contribution is -2.42. The van der Waals surface area contributed by atoms with Gasteiger partial charge < -0.3 is 15.4 Å². The molecule has 0 amide bonds. The van der Waals surface area contributed by atoms with Crippen molar-refractivity contribution in [1.82, 2.24) is 15.5 Å². The van der Waals surface area contributed by atoms with Crippen molar-refractivity contribution in [3.8, 4) is 5.75 Å². The summed E-state index contributed by atoms with van der Waals surface area (Å²) in [4.78, 5) is 8.55. The molecule has 1 saturated heterocycles. The Balaban J connectivity index is 1.65. The predicted octanol–water partition coefficient (Wildman–Crippen LogP) is 3.79. The standard InChI is InChI=1S/C21H29FN4OS/c1-3-23-21(24-14-16-8-9-19(27-2)17(22)13-16)25-15-18(20-7-6-12-28-20)26-10-4-5-11-26/h6-9,12-13,18H,3-5,10-11,14-15H2,1-2H3,(H2,23,24,25). The van der Waals surface area contributed by atoms with Gasteiger partial charge in [0.25, 0.3) is 0 Å². The van der Waals surface area contributed by atoms with E-state index in [-0.39, 0.29) is 11.6 Å². The highest BCUT2D eigenvalue weighted by Crippen LogP contribution is 2.27. The van der Waals surface area contributed by atoms with Crippen molar-refractivity contribution in [3.63, 3.8) is 0 Å². The lowest BCUT2D eigenvalue weighted by molar-refractivity contribution is 0.249. The summed E-state index contributed by atoms with van der Waals surface area (Å²) < 4.78 is 18.9. The van der Waals surface area contributed by atoms with Crippen LogP contribution in [0.2, 0.25) is 0 Å². The fourth-order valence-corrected chi connectivity index (χ4v) is 4.32. The molecule has 5 nitrogen and oxygen atoms in total. The molecule has 152 valence electrons. The van der Waals surface area contributed by atoms with Crippen LogP contribution in [0.1, 0.15) is 36.2 Å². The lowest BCUT2D eigenvalue weighted by Gasteiger charge is -2.27. The second-order valence-electron chi connectivity index (χ2n) is 6.82. The molecular formula is C21H29FN4OS. The van der Waals surface area contributed by atoms with Gasteiger partial charge in [-0.2, -0.15) is 0 Å². The Kier molecular flexibility index (Phi) is 7.68. The highest BCUT2D eigenvalue weighted by molar-refractivity contribution is 7.10. The summed E-state index contributed by atoms with van der Waals surface area (Å²) in [5, 5.41) is 8.90. The highest BCUT2D eigenvalue weighted by atomic mass is 32.1. The SMILES string of the molecule is CCNC(=NCc1ccc(OC)c(F)c1)NCC(c1cccs1)N1CCCC1. The van der Waals surface area contributed by atoms with Crippen LogP contribution < -0.4 is 15.4 Å². The van der Waals surface area contributed by atoms with E-state index in [2.05, 4.69) is 38.0 Å². The number of likely N-dealkylation sites (tertiary alicyclic amines) is 1. The normalized spacial score (nSPS) is 16.2. The van der Waals surface area contributed by atoms with Crippen molar-refractivity contribution in [1.29, 1.82) is 0 Å². The first-order valence-electron chi connectivity index (χ1n) is 9.83. The molecule has 0 spiro atoms. The molecule has 1 aliphatic heterocycles. The van der Waals surface area contributed by atoms with Crippen LogP contribution in [0.4, 0.5) is 4.39 Å². The van der Waals surface area contributed by atoms with Crippen LogP contribution in [0.15, 0.2) is 40.7 Å². The molecule has 1 aliphatic rings. The van der Waals surface area contributed by atoms with Crippen LogP contribution in [0.3, 0.4) is 0 Å². The highest BCUT2D eigenvalue weighted by Gasteiger charge is 2.24. The maximum absolute atomic E-state index is 13.9. The number of aliphatic imine (C=N–C) groups is 1. The number of hydrogen-bond acceptors (Lipinski definition) is 4. The zero-order valence-corrected chi connectivity index (χ0v) is 17.4. The molecule has 3 rings (SSSR count). The third-order valence-electron chi connectivity index (χ3n) is 4.90. The minimum atomic E-state index is -0.361. The predicted molar refractivity (Wildman–Crippen MR) is 114 cm³/mol. The van der Waals surface area contributed by atoms with Gasteiger partial charge in [-0.15, -0.1) is 11.3 Å². The Morgan fingerprint density at radius 2 is 2.11 bits per heavy atom. The third kappa shape index (κ3) is 5.45. The van der Waals surface area contributed by atoms with Gasteiger partial charge in [0.2, 0.25) is 0 Å². The average molecular weight is 405 g/mol. The van der Waals surface area contributed by atoms with Gasteiger partial charge in [-0.3, -0.25) is 4.90 Å². The zero-order chi connectivity index (χ0) is 19.8. The molecule has 1 fully saturated rings. The largest absolute Gasteiger partial charge is 0.494 e. The summed E-state index contributed by atoms with van der Waals surface area (Å²) >= 11 is 1.80. The molecule has 28 heavy (non-hydrogen) atoms. The molecule has 0 saturated carbocycles. The van der Waals surface area contributed by atoms with Crippen molar-refractivity contribution in [3.05, 3.63) is 52.0 Å². The number of benzene rings is 1. The minimum Gasteiger partial charge on any atom is -0.494 e. The minimum absolute atomic E-state index is 0.252. The van der Waals surface area contributed by atoms with Crippen LogP contribution in [0.5, 0.6) is 5.75 Å². The van der Waals surface area contributed by atoms with Gasteiger partial charge in [-0.25, -0.2) is 9.38 Å². The number of hydrogen-bond donors (Lipinski definition) is 2. The van der Waals surface area contributed by atoms with E-state index in [9.17, 15) is 4.39 Å². The summed E-state index contributed by atoms with van der Waals surface area (Å²) in [5.41, 5.74) is 0.810. The number of halogens is 1. The summed E-state index contributed by atoms with van der Waals surface area (Å²) in [5.74, 6) is 0.640. The van der Waals surface area contributed by atoms with Crippen LogP contribution >= 0.6 is 11.3 Å². The van der Waals surface area contributed by atoms with E-state index in [4.69, 9.17) is 4.74 Å². The van der Waals surface area contributed by atoms with Gasteiger partial charge in [0, 0.05) is 18.0 Å². The Labute approximate surface area is 170 Å². The third-order valence-corrected chi connectivity index (χ3v) is 5.87. The molecule has 7 heteroatoms. The van der Waals surface area contributed by atoms with Crippen molar-refractivity contribution in [2.75, 3.05) is 33.3 Å². The van der Waals surface area contributed by atoms with E-state index >= 15 is 0 Å². The Morgan fingerprint density at radius 1 is 1.29 bits per heavy atom. The van der Waals surface area contributed by atoms with Gasteiger partial charge >= 0.3 is 0 Å². The zero-order valence-electron chi connectivity index (χ0n) is 16.6. The van der Waals surface area contributed by atoms with Gasteiger partial charge in [-0.05, 0) is 62.0 Å². The number of guanidine groups is 1. The molecule has 1 aromatic carbocycles. The summed E-state index contributed by atoms with van der Waals surface area (Å²) in [6.45, 7) is 6.30. The number of nitrogens with zero attached hydrogens (tertiary/aromatic N) is 2. The Morgan fingerprint density at radius 3 is 2.75 bits per heavy atom. The molecular weight excluding hydrogens is 375 g/mol. The Hall–Kier alpha value is -2.12. The number of thiophene rings is 1. The number of rotatable bonds is 8. The molecule has 1 unspecified atom stereocenters. The second-order valence-corrected chi connectivity index (χ2v) is 7.80. The molecule has 2 aromatic rings. The molecule has 1 atom stereocenters. The van der Waals surface area contributed by atoms with Crippen LogP contribution in [-0.2, 0) is 6.54 Å². The van der Waals surface area contributed by atoms with E-state index in [1.54, 1.807) is 17.4 Å². The second kappa shape index (κ2) is 10.4. The van der Waals surface area contributed by atoms with E-state index in [0.29, 0.717) is 12.6 Å². The lowest BCUT2D eigenvalue weighted by atomic mass is 10.2. The van der Waals surface area contributed by atoms with Crippen LogP contribution in [-0.4, -0.2) is 44.1 Å². The first-order chi connectivity index (χ1) is 13.7. The fourth-order valence-electron chi connectivity index (χ4n) is 3.46. The summed E-state index contributed by atoms with van der Waals surface area (Å²) in [6.07, 6.45) is 2.53. The van der Waals surface area contributed by atoms with Gasteiger partial charge in [-0.1, -0.05) is 12.1 Å². The maximum Gasteiger partial charge on any atom is 0.191 e. The smallest absolute Gasteiger partial charge is 0.191 e. The quantitative estimate of drug-likeness (QED) is 0.519. The van der Waals surface area contributed by atoms with E-state index in [1.165, 1.54) is 30.9 Å². The molecule has 2 N–H and O–H groups in total. The maximum atomic E-state index is 13.9. The van der Waals surface area contributed by atoms with Gasteiger partial charge in [0.15, 0.2) is 17.5 Å². The van der Waals surface area contributed by atoms with Crippen molar-refractivity contribution >= 4 is 17.3 Å². The summed E-state index contributed by atoms with van der Waals surface area (Å²) in [6, 6.07) is 9.63. The first-order valence-corrected chi connectivity index (χ1v) is 10.7.